The number of hydrogen-bond acceptors (Lipinski definition) is 7. The smallest absolute Gasteiger partial charge is 0.338 e. The van der Waals surface area contributed by atoms with Gasteiger partial charge >= 0.3 is 19.5 Å². The summed E-state index contributed by atoms with van der Waals surface area (Å²) in [6.45, 7) is 0. The lowest BCUT2D eigenvalue weighted by atomic mass is 10.0. The van der Waals surface area contributed by atoms with Crippen molar-refractivity contribution in [2.45, 2.75) is 6.16 Å². The van der Waals surface area contributed by atoms with Crippen molar-refractivity contribution in [2.75, 3.05) is 28.4 Å². The summed E-state index contributed by atoms with van der Waals surface area (Å²) in [6.07, 6.45) is -0.0363. The van der Waals surface area contributed by atoms with Gasteiger partial charge in [0.2, 0.25) is 0 Å². The summed E-state index contributed by atoms with van der Waals surface area (Å²) in [6, 6.07) is 4.36. The lowest BCUT2D eigenvalue weighted by Crippen LogP contribution is -2.12. The molecule has 0 aliphatic carbocycles. The maximum Gasteiger partial charge on any atom is 0.338 e. The van der Waals surface area contributed by atoms with E-state index in [9.17, 15) is 14.2 Å². The molecule has 0 fully saturated rings. The molecule has 0 bridgehead atoms. The first-order valence-corrected chi connectivity index (χ1v) is 7.63. The summed E-state index contributed by atoms with van der Waals surface area (Å²) in [7, 11) is 1.68. The number of ether oxygens (including phenoxy) is 2. The Balaban J connectivity index is 3.25. The van der Waals surface area contributed by atoms with E-state index >= 15 is 0 Å². The van der Waals surface area contributed by atoms with Gasteiger partial charge in [-0.2, -0.15) is 0 Å². The van der Waals surface area contributed by atoms with Crippen molar-refractivity contribution in [3.63, 3.8) is 0 Å². The van der Waals surface area contributed by atoms with Crippen molar-refractivity contribution < 1.29 is 32.7 Å². The van der Waals surface area contributed by atoms with Crippen molar-refractivity contribution in [3.8, 4) is 0 Å². The van der Waals surface area contributed by atoms with Crippen LogP contribution in [0.5, 0.6) is 0 Å². The average molecular weight is 316 g/mol. The first-order chi connectivity index (χ1) is 9.90. The molecule has 0 saturated heterocycles. The Bertz CT molecular complexity index is 574. The van der Waals surface area contributed by atoms with Gasteiger partial charge in [-0.15, -0.1) is 0 Å². The molecule has 0 aliphatic rings. The summed E-state index contributed by atoms with van der Waals surface area (Å²) in [5, 5.41) is 0. The zero-order chi connectivity index (χ0) is 16.0. The van der Waals surface area contributed by atoms with E-state index in [1.807, 2.05) is 0 Å². The molecule has 0 aliphatic heterocycles. The van der Waals surface area contributed by atoms with E-state index in [-0.39, 0.29) is 17.3 Å². The Morgan fingerprint density at radius 2 is 1.48 bits per heavy atom. The lowest BCUT2D eigenvalue weighted by molar-refractivity contribution is 0.0555. The van der Waals surface area contributed by atoms with Gasteiger partial charge in [-0.1, -0.05) is 6.07 Å². The number of carbonyl (C=O) groups is 2. The van der Waals surface area contributed by atoms with Crippen LogP contribution in [0.2, 0.25) is 0 Å². The Hall–Kier alpha value is -1.69. The molecule has 0 unspecified atom stereocenters. The van der Waals surface area contributed by atoms with Crippen LogP contribution >= 0.6 is 7.60 Å². The van der Waals surface area contributed by atoms with Gasteiger partial charge in [-0.05, 0) is 17.7 Å². The molecule has 0 aromatic heterocycles. The Labute approximate surface area is 122 Å². The second kappa shape index (κ2) is 7.36. The zero-order valence-corrected chi connectivity index (χ0v) is 13.1. The van der Waals surface area contributed by atoms with E-state index in [0.717, 1.165) is 0 Å². The minimum atomic E-state index is -3.28. The highest BCUT2D eigenvalue weighted by Crippen LogP contribution is 2.49. The fourth-order valence-electron chi connectivity index (χ4n) is 1.68. The minimum Gasteiger partial charge on any atom is -0.465 e. The van der Waals surface area contributed by atoms with Crippen LogP contribution in [0, 0.1) is 0 Å². The van der Waals surface area contributed by atoms with E-state index in [4.69, 9.17) is 9.05 Å². The van der Waals surface area contributed by atoms with Gasteiger partial charge < -0.3 is 18.5 Å². The van der Waals surface area contributed by atoms with Crippen LogP contribution in [-0.4, -0.2) is 40.4 Å². The number of benzene rings is 1. The third-order valence-electron chi connectivity index (χ3n) is 2.83. The van der Waals surface area contributed by atoms with Gasteiger partial charge in [0.25, 0.3) is 0 Å². The quantitative estimate of drug-likeness (QED) is 0.587. The SMILES string of the molecule is COC(=O)c1ccc(CP(=O)(OC)OC)cc1C(=O)OC. The zero-order valence-electron chi connectivity index (χ0n) is 12.2. The normalized spacial score (nSPS) is 11.0. The maximum absolute atomic E-state index is 12.1. The van der Waals surface area contributed by atoms with Crippen LogP contribution in [0.15, 0.2) is 18.2 Å². The maximum atomic E-state index is 12.1. The third kappa shape index (κ3) is 4.14. The Morgan fingerprint density at radius 3 is 1.95 bits per heavy atom. The third-order valence-corrected chi connectivity index (χ3v) is 4.69. The topological polar surface area (TPSA) is 88.1 Å². The van der Waals surface area contributed by atoms with Crippen molar-refractivity contribution in [2.24, 2.45) is 0 Å². The van der Waals surface area contributed by atoms with Crippen LogP contribution in [0.4, 0.5) is 0 Å². The molecular formula is C13H17O7P. The highest BCUT2D eigenvalue weighted by molar-refractivity contribution is 7.52. The summed E-state index contributed by atoms with van der Waals surface area (Å²) in [5.74, 6) is -1.36. The molecule has 1 rings (SSSR count). The first kappa shape index (κ1) is 17.4. The molecule has 1 aromatic rings. The van der Waals surface area contributed by atoms with Crippen LogP contribution in [-0.2, 0) is 29.2 Å². The molecular weight excluding hydrogens is 299 g/mol. The van der Waals surface area contributed by atoms with Crippen LogP contribution in [0.3, 0.4) is 0 Å². The molecule has 7 nitrogen and oxygen atoms in total. The predicted molar refractivity (Wildman–Crippen MR) is 74.4 cm³/mol. The van der Waals surface area contributed by atoms with Crippen LogP contribution in [0.1, 0.15) is 26.3 Å². The standard InChI is InChI=1S/C13H17O7P/c1-17-12(14)10-6-5-9(7-11(10)13(15)18-2)8-21(16,19-3)20-4/h5-7H,8H2,1-4H3. The molecule has 0 saturated carbocycles. The molecule has 8 heteroatoms. The molecule has 1 aromatic carbocycles. The van der Waals surface area contributed by atoms with Gasteiger partial charge in [0, 0.05) is 14.2 Å². The van der Waals surface area contributed by atoms with Crippen LogP contribution < -0.4 is 0 Å². The highest BCUT2D eigenvalue weighted by atomic mass is 31.2. The molecule has 21 heavy (non-hydrogen) atoms. The average Bonchev–Trinajstić information content (AvgIpc) is 2.53. The van der Waals surface area contributed by atoms with E-state index in [2.05, 4.69) is 9.47 Å². The van der Waals surface area contributed by atoms with Crippen LogP contribution in [0.25, 0.3) is 0 Å². The Kier molecular flexibility index (Phi) is 6.08. The fraction of sp³-hybridized carbons (Fsp3) is 0.385. The van der Waals surface area contributed by atoms with E-state index < -0.39 is 19.5 Å². The number of esters is 2. The predicted octanol–water partition coefficient (Wildman–Crippen LogP) is 2.25. The molecule has 0 amide bonds. The van der Waals surface area contributed by atoms with Gasteiger partial charge in [-0.25, -0.2) is 9.59 Å². The first-order valence-electron chi connectivity index (χ1n) is 5.91. The Morgan fingerprint density at radius 1 is 0.952 bits per heavy atom. The van der Waals surface area contributed by atoms with E-state index in [0.29, 0.717) is 5.56 Å². The monoisotopic (exact) mass is 316 g/mol. The molecule has 0 atom stereocenters. The molecule has 0 N–H and O–H groups in total. The lowest BCUT2D eigenvalue weighted by Gasteiger charge is -2.14. The van der Waals surface area contributed by atoms with E-state index in [1.54, 1.807) is 6.07 Å². The van der Waals surface area contributed by atoms with Crippen molar-refractivity contribution in [1.82, 2.24) is 0 Å². The van der Waals surface area contributed by atoms with Gasteiger partial charge in [0.05, 0.1) is 31.5 Å². The highest BCUT2D eigenvalue weighted by Gasteiger charge is 2.24. The second-order valence-electron chi connectivity index (χ2n) is 4.00. The van der Waals surface area contributed by atoms with Gasteiger partial charge in [0.1, 0.15) is 0 Å². The van der Waals surface area contributed by atoms with Crippen molar-refractivity contribution in [3.05, 3.63) is 34.9 Å². The molecule has 0 spiro atoms. The number of methoxy groups -OCH3 is 2. The molecule has 116 valence electrons. The summed E-state index contributed by atoms with van der Waals surface area (Å²) in [4.78, 5) is 23.4. The number of carbonyl (C=O) groups excluding carboxylic acids is 2. The molecule has 0 heterocycles. The van der Waals surface area contributed by atoms with Crippen molar-refractivity contribution >= 4 is 19.5 Å². The summed E-state index contributed by atoms with van der Waals surface area (Å²) in [5.41, 5.74) is 0.605. The minimum absolute atomic E-state index is 0.0283. The largest absolute Gasteiger partial charge is 0.465 e. The van der Waals surface area contributed by atoms with Crippen molar-refractivity contribution in [1.29, 1.82) is 0 Å². The summed E-state index contributed by atoms with van der Waals surface area (Å²) >= 11 is 0. The molecule has 0 radical (unpaired) electrons. The van der Waals surface area contributed by atoms with Gasteiger partial charge in [-0.3, -0.25) is 4.57 Å². The van der Waals surface area contributed by atoms with E-state index in [1.165, 1.54) is 40.6 Å². The van der Waals surface area contributed by atoms with Gasteiger partial charge in [0.15, 0.2) is 0 Å². The number of rotatable bonds is 6. The second-order valence-corrected chi connectivity index (χ2v) is 6.27. The number of hydrogen-bond donors (Lipinski definition) is 0. The summed E-state index contributed by atoms with van der Waals surface area (Å²) < 4.78 is 31.0. The fourth-order valence-corrected chi connectivity index (χ4v) is 2.73.